The van der Waals surface area contributed by atoms with E-state index in [0.29, 0.717) is 0 Å². The van der Waals surface area contributed by atoms with Crippen molar-refractivity contribution in [3.05, 3.63) is 53.6 Å². The number of benzene rings is 2. The van der Waals surface area contributed by atoms with E-state index in [2.05, 4.69) is 5.32 Å². The highest BCUT2D eigenvalue weighted by Gasteiger charge is 2.27. The van der Waals surface area contributed by atoms with Crippen LogP contribution < -0.4 is 10.1 Å². The van der Waals surface area contributed by atoms with Crippen LogP contribution in [0.25, 0.3) is 0 Å². The minimum atomic E-state index is -3.90. The van der Waals surface area contributed by atoms with Gasteiger partial charge in [0.15, 0.2) is 0 Å². The van der Waals surface area contributed by atoms with E-state index < -0.39 is 10.0 Å². The molecule has 0 aliphatic rings. The van der Waals surface area contributed by atoms with Crippen LogP contribution in [-0.2, 0) is 14.8 Å². The average Bonchev–Trinajstić information content (AvgIpc) is 2.72. The van der Waals surface area contributed by atoms with Crippen molar-refractivity contribution < 1.29 is 17.9 Å². The molecule has 0 spiro atoms. The van der Waals surface area contributed by atoms with E-state index in [1.54, 1.807) is 23.9 Å². The number of ether oxygens (including phenoxy) is 1. The summed E-state index contributed by atoms with van der Waals surface area (Å²) in [6, 6.07) is 12.8. The average molecular weight is 451 g/mol. The van der Waals surface area contributed by atoms with Gasteiger partial charge in [0.2, 0.25) is 15.9 Å². The quantitative estimate of drug-likeness (QED) is 0.584. The van der Waals surface area contributed by atoms with Crippen molar-refractivity contribution in [3.63, 3.8) is 0 Å². The molecule has 0 aromatic heterocycles. The number of hydrogen-bond acceptors (Lipinski definition) is 5. The number of amides is 1. The van der Waals surface area contributed by atoms with Gasteiger partial charge in [0.25, 0.3) is 0 Å². The highest BCUT2D eigenvalue weighted by Crippen LogP contribution is 2.30. The number of sulfonamides is 1. The van der Waals surface area contributed by atoms with E-state index in [4.69, 9.17) is 4.74 Å². The van der Waals surface area contributed by atoms with E-state index in [9.17, 15) is 13.2 Å². The van der Waals surface area contributed by atoms with Crippen LogP contribution in [0.15, 0.2) is 52.3 Å². The molecule has 1 atom stereocenters. The van der Waals surface area contributed by atoms with Gasteiger partial charge < -0.3 is 10.1 Å². The minimum Gasteiger partial charge on any atom is -0.495 e. The molecule has 164 valence electrons. The molecule has 2 rings (SSSR count). The van der Waals surface area contributed by atoms with Gasteiger partial charge in [0, 0.05) is 11.9 Å². The van der Waals surface area contributed by atoms with Crippen molar-refractivity contribution in [3.8, 4) is 5.75 Å². The molecule has 8 heteroatoms. The topological polar surface area (TPSA) is 75.7 Å². The molecule has 0 saturated heterocycles. The predicted octanol–water partition coefficient (Wildman–Crippen LogP) is 4.04. The SMILES string of the molecule is COc1ccc(C(C)C)cc1S(=O)(=O)N(C)CC(=O)NC(C)c1ccc(SC)cc1. The Balaban J connectivity index is 2.14. The molecule has 0 heterocycles. The summed E-state index contributed by atoms with van der Waals surface area (Å²) in [4.78, 5) is 13.7. The number of nitrogens with zero attached hydrogens (tertiary/aromatic N) is 1. The Kier molecular flexibility index (Phi) is 8.34. The van der Waals surface area contributed by atoms with Crippen molar-refractivity contribution in [2.24, 2.45) is 0 Å². The fourth-order valence-electron chi connectivity index (χ4n) is 2.97. The lowest BCUT2D eigenvalue weighted by Gasteiger charge is -2.21. The smallest absolute Gasteiger partial charge is 0.246 e. The molecule has 6 nitrogen and oxygen atoms in total. The Morgan fingerprint density at radius 1 is 1.10 bits per heavy atom. The molecule has 0 fully saturated rings. The van der Waals surface area contributed by atoms with Gasteiger partial charge >= 0.3 is 0 Å². The Hall–Kier alpha value is -2.03. The maximum atomic E-state index is 13.1. The summed E-state index contributed by atoms with van der Waals surface area (Å²) in [6.07, 6.45) is 2.00. The first-order valence-corrected chi connectivity index (χ1v) is 12.3. The van der Waals surface area contributed by atoms with Gasteiger partial charge in [-0.15, -0.1) is 11.8 Å². The summed E-state index contributed by atoms with van der Waals surface area (Å²) in [5.41, 5.74) is 1.84. The van der Waals surface area contributed by atoms with Crippen LogP contribution >= 0.6 is 11.8 Å². The molecule has 0 aliphatic heterocycles. The van der Waals surface area contributed by atoms with Crippen LogP contribution in [0, 0.1) is 0 Å². The van der Waals surface area contributed by atoms with Gasteiger partial charge in [-0.1, -0.05) is 32.0 Å². The largest absolute Gasteiger partial charge is 0.495 e. The zero-order valence-electron chi connectivity index (χ0n) is 18.3. The number of hydrogen-bond donors (Lipinski definition) is 1. The van der Waals surface area contributed by atoms with Crippen LogP contribution in [0.4, 0.5) is 0 Å². The highest BCUT2D eigenvalue weighted by atomic mass is 32.2. The fraction of sp³-hybridized carbons (Fsp3) is 0.409. The third-order valence-corrected chi connectivity index (χ3v) is 7.47. The van der Waals surface area contributed by atoms with Crippen molar-refractivity contribution in [1.82, 2.24) is 9.62 Å². The standard InChI is InChI=1S/C22H30N2O4S2/c1-15(2)18-9-12-20(28-5)21(13-18)30(26,27)24(4)14-22(25)23-16(3)17-7-10-19(29-6)11-8-17/h7-13,15-16H,14H2,1-6H3,(H,23,25). The minimum absolute atomic E-state index is 0.0622. The number of nitrogens with one attached hydrogen (secondary N) is 1. The van der Waals surface area contributed by atoms with Crippen molar-refractivity contribution in [1.29, 1.82) is 0 Å². The van der Waals surface area contributed by atoms with Crippen LogP contribution in [0.1, 0.15) is 43.9 Å². The second-order valence-electron chi connectivity index (χ2n) is 7.39. The maximum Gasteiger partial charge on any atom is 0.246 e. The summed E-state index contributed by atoms with van der Waals surface area (Å²) in [7, 11) is -1.07. The molecule has 0 bridgehead atoms. The lowest BCUT2D eigenvalue weighted by Crippen LogP contribution is -2.39. The maximum absolute atomic E-state index is 13.1. The van der Waals surface area contributed by atoms with Crippen molar-refractivity contribution in [2.75, 3.05) is 27.0 Å². The Morgan fingerprint density at radius 3 is 2.23 bits per heavy atom. The number of carbonyl (C=O) groups excluding carboxylic acids is 1. The molecule has 1 unspecified atom stereocenters. The molecule has 1 amide bonds. The fourth-order valence-corrected chi connectivity index (χ4v) is 4.69. The van der Waals surface area contributed by atoms with E-state index in [1.807, 2.05) is 57.4 Å². The molecule has 2 aromatic carbocycles. The van der Waals surface area contributed by atoms with Crippen molar-refractivity contribution in [2.45, 2.75) is 42.5 Å². The molecule has 0 radical (unpaired) electrons. The van der Waals surface area contributed by atoms with Gasteiger partial charge in [-0.05, 0) is 54.5 Å². The third kappa shape index (κ3) is 5.77. The molecule has 0 saturated carbocycles. The van der Waals surface area contributed by atoms with E-state index in [0.717, 1.165) is 20.3 Å². The first-order chi connectivity index (χ1) is 14.1. The van der Waals surface area contributed by atoms with Gasteiger partial charge in [-0.2, -0.15) is 4.31 Å². The van der Waals surface area contributed by atoms with E-state index >= 15 is 0 Å². The van der Waals surface area contributed by atoms with Crippen LogP contribution in [0.2, 0.25) is 0 Å². The summed E-state index contributed by atoms with van der Waals surface area (Å²) >= 11 is 1.65. The lowest BCUT2D eigenvalue weighted by molar-refractivity contribution is -0.121. The van der Waals surface area contributed by atoms with Gasteiger partial charge in [-0.25, -0.2) is 8.42 Å². The summed E-state index contributed by atoms with van der Waals surface area (Å²) in [6.45, 7) is 5.56. The number of thioether (sulfide) groups is 1. The Labute approximate surface area is 184 Å². The molecule has 1 N–H and O–H groups in total. The van der Waals surface area contributed by atoms with Gasteiger partial charge in [0.1, 0.15) is 10.6 Å². The monoisotopic (exact) mass is 450 g/mol. The van der Waals surface area contributed by atoms with Crippen LogP contribution in [0.5, 0.6) is 5.75 Å². The summed E-state index contributed by atoms with van der Waals surface area (Å²) in [5, 5.41) is 2.86. The number of rotatable bonds is 9. The Morgan fingerprint density at radius 2 is 1.70 bits per heavy atom. The first kappa shape index (κ1) is 24.2. The Bertz CT molecular complexity index is 973. The second kappa shape index (κ2) is 10.3. The molecule has 0 aliphatic carbocycles. The van der Waals surface area contributed by atoms with Gasteiger partial charge in [0.05, 0.1) is 19.7 Å². The predicted molar refractivity (Wildman–Crippen MR) is 122 cm³/mol. The number of methoxy groups -OCH3 is 1. The number of likely N-dealkylation sites (N-methyl/N-ethyl adjacent to an activating group) is 1. The molecular formula is C22H30N2O4S2. The van der Waals surface area contributed by atoms with E-state index in [1.165, 1.54) is 14.2 Å². The first-order valence-electron chi connectivity index (χ1n) is 9.67. The summed E-state index contributed by atoms with van der Waals surface area (Å²) in [5.74, 6) is 0.0483. The lowest BCUT2D eigenvalue weighted by atomic mass is 10.0. The van der Waals surface area contributed by atoms with Crippen LogP contribution in [0.3, 0.4) is 0 Å². The normalized spacial score (nSPS) is 12.8. The third-order valence-electron chi connectivity index (χ3n) is 4.90. The molecule has 2 aromatic rings. The van der Waals surface area contributed by atoms with Crippen molar-refractivity contribution >= 4 is 27.7 Å². The number of carbonyl (C=O) groups is 1. The highest BCUT2D eigenvalue weighted by molar-refractivity contribution is 7.98. The second-order valence-corrected chi connectivity index (χ2v) is 10.3. The zero-order valence-corrected chi connectivity index (χ0v) is 19.9. The summed E-state index contributed by atoms with van der Waals surface area (Å²) < 4.78 is 32.5. The molecular weight excluding hydrogens is 420 g/mol. The van der Waals surface area contributed by atoms with E-state index in [-0.39, 0.29) is 35.1 Å². The zero-order chi connectivity index (χ0) is 22.5. The molecule has 30 heavy (non-hydrogen) atoms. The van der Waals surface area contributed by atoms with Gasteiger partial charge in [-0.3, -0.25) is 4.79 Å². The van der Waals surface area contributed by atoms with Crippen LogP contribution in [-0.4, -0.2) is 45.6 Å².